The van der Waals surface area contributed by atoms with Crippen molar-refractivity contribution >= 4 is 11.9 Å². The van der Waals surface area contributed by atoms with Gasteiger partial charge in [0.1, 0.15) is 0 Å². The Morgan fingerprint density at radius 3 is 2.52 bits per heavy atom. The number of rotatable bonds is 2. The summed E-state index contributed by atoms with van der Waals surface area (Å²) in [6.45, 7) is 0.805. The molecule has 1 aromatic rings. The van der Waals surface area contributed by atoms with Gasteiger partial charge >= 0.3 is 12.1 Å². The van der Waals surface area contributed by atoms with E-state index in [0.29, 0.717) is 6.04 Å². The molecule has 0 radical (unpaired) electrons. The van der Waals surface area contributed by atoms with E-state index in [4.69, 9.17) is 9.90 Å². The number of likely N-dealkylation sites (N-methyl/N-ethyl adjacent to an activating group) is 1. The maximum Gasteiger partial charge on any atom is 0.490 e. The Morgan fingerprint density at radius 2 is 2.10 bits per heavy atom. The first-order valence-corrected chi connectivity index (χ1v) is 6.00. The van der Waals surface area contributed by atoms with Crippen molar-refractivity contribution in [1.29, 1.82) is 0 Å². The summed E-state index contributed by atoms with van der Waals surface area (Å²) in [7, 11) is 1.66. The summed E-state index contributed by atoms with van der Waals surface area (Å²) in [5.41, 5.74) is 0. The molecular formula is C11H15F3N4O3. The van der Waals surface area contributed by atoms with E-state index >= 15 is 0 Å². The average Bonchev–Trinajstić information content (AvgIpc) is 3.07. The zero-order valence-corrected chi connectivity index (χ0v) is 11.1. The van der Waals surface area contributed by atoms with Crippen LogP contribution in [0, 0.1) is 0 Å². The lowest BCUT2D eigenvalue weighted by atomic mass is 10.1. The van der Waals surface area contributed by atoms with Crippen molar-refractivity contribution in [3.8, 4) is 0 Å². The number of carboxylic acids is 1. The number of hydrogen-bond donors (Lipinski definition) is 3. The highest BCUT2D eigenvalue weighted by atomic mass is 19.4. The number of nitrogens with one attached hydrogen (secondary N) is 2. The molecule has 10 heteroatoms. The molecule has 7 nitrogen and oxygen atoms in total. The van der Waals surface area contributed by atoms with Gasteiger partial charge < -0.3 is 15.7 Å². The quantitative estimate of drug-likeness (QED) is 0.723. The first kappa shape index (κ1) is 17.0. The minimum Gasteiger partial charge on any atom is -0.475 e. The van der Waals surface area contributed by atoms with Crippen LogP contribution in [-0.2, 0) is 9.59 Å². The van der Waals surface area contributed by atoms with Gasteiger partial charge in [-0.05, 0) is 12.5 Å². The monoisotopic (exact) mass is 308 g/mol. The summed E-state index contributed by atoms with van der Waals surface area (Å²) < 4.78 is 33.6. The summed E-state index contributed by atoms with van der Waals surface area (Å²) in [6, 6.07) is 2.12. The number of hydrogen-bond acceptors (Lipinski definition) is 4. The van der Waals surface area contributed by atoms with Gasteiger partial charge in [0, 0.05) is 26.0 Å². The molecule has 1 amide bonds. The second kappa shape index (κ2) is 7.07. The number of nitrogens with zero attached hydrogens (tertiary/aromatic N) is 2. The molecule has 118 valence electrons. The predicted molar refractivity (Wildman–Crippen MR) is 65.4 cm³/mol. The molecule has 21 heavy (non-hydrogen) atoms. The van der Waals surface area contributed by atoms with Crippen molar-refractivity contribution < 1.29 is 27.9 Å². The second-order valence-electron chi connectivity index (χ2n) is 4.25. The predicted octanol–water partition coefficient (Wildman–Crippen LogP) is 0.165. The van der Waals surface area contributed by atoms with Crippen LogP contribution in [0.15, 0.2) is 18.5 Å². The number of halogens is 3. The summed E-state index contributed by atoms with van der Waals surface area (Å²) in [4.78, 5) is 20.2. The van der Waals surface area contributed by atoms with Crippen LogP contribution in [0.3, 0.4) is 0 Å². The largest absolute Gasteiger partial charge is 0.490 e. The Balaban J connectivity index is 0.000000270. The lowest BCUT2D eigenvalue weighted by molar-refractivity contribution is -0.192. The number of aliphatic carboxylic acids is 1. The van der Waals surface area contributed by atoms with Crippen LogP contribution in [-0.4, -0.2) is 52.6 Å². The number of aromatic nitrogens is 2. The minimum absolute atomic E-state index is 0.0552. The Bertz CT molecular complexity index is 476. The first-order chi connectivity index (χ1) is 9.75. The van der Waals surface area contributed by atoms with Gasteiger partial charge in [-0.3, -0.25) is 9.48 Å². The van der Waals surface area contributed by atoms with Crippen LogP contribution >= 0.6 is 0 Å². The summed E-state index contributed by atoms with van der Waals surface area (Å²) in [6.07, 6.45) is -0.590. The molecule has 1 saturated heterocycles. The molecule has 0 aromatic carbocycles. The molecule has 3 N–H and O–H groups in total. The standard InChI is InChI=1S/C9H14N4O.C2HF3O2/c1-10-9(14)8-5-7(6-11-8)13-4-2-3-12-13;3-2(4,5)1(6)7/h2-4,7-8,11H,5-6H2,1H3,(H,10,14);(H,6,7)/t7-,8+;/m0./s1. The normalized spacial score (nSPS) is 21.3. The minimum atomic E-state index is -5.08. The molecule has 2 atom stereocenters. The highest BCUT2D eigenvalue weighted by Gasteiger charge is 2.38. The van der Waals surface area contributed by atoms with Crippen molar-refractivity contribution in [1.82, 2.24) is 20.4 Å². The molecule has 0 spiro atoms. The molecule has 1 fully saturated rings. The Labute approximate surface area is 118 Å². The fraction of sp³-hybridized carbons (Fsp3) is 0.545. The Kier molecular flexibility index (Phi) is 5.70. The third-order valence-corrected chi connectivity index (χ3v) is 2.81. The van der Waals surface area contributed by atoms with E-state index in [-0.39, 0.29) is 11.9 Å². The van der Waals surface area contributed by atoms with E-state index in [0.717, 1.165) is 13.0 Å². The highest BCUT2D eigenvalue weighted by molar-refractivity contribution is 5.81. The number of carbonyl (C=O) groups is 2. The number of carbonyl (C=O) groups excluding carboxylic acids is 1. The number of amides is 1. The van der Waals surface area contributed by atoms with Crippen LogP contribution in [0.2, 0.25) is 0 Å². The van der Waals surface area contributed by atoms with E-state index in [1.807, 2.05) is 16.9 Å². The van der Waals surface area contributed by atoms with Crippen LogP contribution in [0.1, 0.15) is 12.5 Å². The molecule has 2 rings (SSSR count). The molecule has 1 aliphatic heterocycles. The maximum atomic E-state index is 11.3. The third-order valence-electron chi connectivity index (χ3n) is 2.81. The summed E-state index contributed by atoms with van der Waals surface area (Å²) >= 11 is 0. The molecule has 0 bridgehead atoms. The zero-order valence-electron chi connectivity index (χ0n) is 11.1. The molecule has 1 aliphatic rings. The van der Waals surface area contributed by atoms with Gasteiger partial charge in [0.2, 0.25) is 5.91 Å². The van der Waals surface area contributed by atoms with Gasteiger partial charge in [-0.25, -0.2) is 4.79 Å². The van der Waals surface area contributed by atoms with Gasteiger partial charge in [0.15, 0.2) is 0 Å². The highest BCUT2D eigenvalue weighted by Crippen LogP contribution is 2.18. The van der Waals surface area contributed by atoms with Gasteiger partial charge in [-0.1, -0.05) is 0 Å². The van der Waals surface area contributed by atoms with Gasteiger partial charge in [-0.2, -0.15) is 18.3 Å². The first-order valence-electron chi connectivity index (χ1n) is 6.00. The van der Waals surface area contributed by atoms with E-state index in [9.17, 15) is 18.0 Å². The fourth-order valence-electron chi connectivity index (χ4n) is 1.79. The van der Waals surface area contributed by atoms with Crippen molar-refractivity contribution in [2.75, 3.05) is 13.6 Å². The van der Waals surface area contributed by atoms with Gasteiger partial charge in [0.05, 0.1) is 12.1 Å². The van der Waals surface area contributed by atoms with Crippen molar-refractivity contribution in [3.05, 3.63) is 18.5 Å². The summed E-state index contributed by atoms with van der Waals surface area (Å²) in [5.74, 6) is -2.70. The van der Waals surface area contributed by atoms with Crippen molar-refractivity contribution in [2.24, 2.45) is 0 Å². The van der Waals surface area contributed by atoms with E-state index < -0.39 is 12.1 Å². The van der Waals surface area contributed by atoms with Crippen LogP contribution in [0.4, 0.5) is 13.2 Å². The van der Waals surface area contributed by atoms with Gasteiger partial charge in [-0.15, -0.1) is 0 Å². The molecule has 0 aliphatic carbocycles. The average molecular weight is 308 g/mol. The van der Waals surface area contributed by atoms with Crippen LogP contribution in [0.25, 0.3) is 0 Å². The lowest BCUT2D eigenvalue weighted by Crippen LogP contribution is -2.38. The molecular weight excluding hydrogens is 293 g/mol. The Hall–Kier alpha value is -2.10. The van der Waals surface area contributed by atoms with Crippen LogP contribution < -0.4 is 10.6 Å². The van der Waals surface area contributed by atoms with E-state index in [2.05, 4.69) is 15.7 Å². The topological polar surface area (TPSA) is 96.3 Å². The fourth-order valence-corrected chi connectivity index (χ4v) is 1.79. The second-order valence-corrected chi connectivity index (χ2v) is 4.25. The third kappa shape index (κ3) is 5.06. The molecule has 0 saturated carbocycles. The molecule has 2 heterocycles. The van der Waals surface area contributed by atoms with E-state index in [1.165, 1.54) is 0 Å². The number of alkyl halides is 3. The SMILES string of the molecule is CNC(=O)[C@H]1C[C@H](n2cccn2)CN1.O=C(O)C(F)(F)F. The van der Waals surface area contributed by atoms with Crippen LogP contribution in [0.5, 0.6) is 0 Å². The van der Waals surface area contributed by atoms with Crippen molar-refractivity contribution in [2.45, 2.75) is 24.7 Å². The Morgan fingerprint density at radius 1 is 1.48 bits per heavy atom. The smallest absolute Gasteiger partial charge is 0.475 e. The van der Waals surface area contributed by atoms with Crippen molar-refractivity contribution in [3.63, 3.8) is 0 Å². The zero-order chi connectivity index (χ0) is 16.0. The van der Waals surface area contributed by atoms with Gasteiger partial charge in [0.25, 0.3) is 0 Å². The maximum absolute atomic E-state index is 11.3. The van der Waals surface area contributed by atoms with E-state index in [1.54, 1.807) is 13.2 Å². The summed E-state index contributed by atoms with van der Waals surface area (Å²) in [5, 5.41) is 17.1. The molecule has 0 unspecified atom stereocenters. The lowest BCUT2D eigenvalue weighted by Gasteiger charge is -2.09. The number of carboxylic acid groups (broad SMARTS) is 1. The molecule has 1 aromatic heterocycles.